The summed E-state index contributed by atoms with van der Waals surface area (Å²) in [6.45, 7) is 0. The molecule has 0 aliphatic heterocycles. The molecule has 0 aliphatic rings. The number of fused-ring (bicyclic) bond motifs is 1. The standard InChI is InChI=1S/C13H8BrN3O2/c14-10-3-1-2-9-11(13(18)19)16-12(17(9)10)8-4-6-15-7-5-8/h1-7H,(H,18,19). The minimum atomic E-state index is -1.05. The zero-order valence-corrected chi connectivity index (χ0v) is 11.2. The first-order chi connectivity index (χ1) is 9.18. The maximum atomic E-state index is 11.3. The molecule has 0 saturated carbocycles. The lowest BCUT2D eigenvalue weighted by atomic mass is 10.2. The molecule has 0 spiro atoms. The first-order valence-electron chi connectivity index (χ1n) is 5.49. The number of rotatable bonds is 2. The topological polar surface area (TPSA) is 67.5 Å². The smallest absolute Gasteiger partial charge is 0.356 e. The van der Waals surface area contributed by atoms with Gasteiger partial charge in [0.1, 0.15) is 5.82 Å². The predicted molar refractivity (Wildman–Crippen MR) is 73.1 cm³/mol. The Morgan fingerprint density at radius 1 is 1.21 bits per heavy atom. The van der Waals surface area contributed by atoms with Gasteiger partial charge >= 0.3 is 5.97 Å². The van der Waals surface area contributed by atoms with E-state index in [1.807, 2.05) is 6.07 Å². The quantitative estimate of drug-likeness (QED) is 0.738. The van der Waals surface area contributed by atoms with Crippen LogP contribution in [-0.2, 0) is 0 Å². The average molecular weight is 318 g/mol. The summed E-state index contributed by atoms with van der Waals surface area (Å²) in [6.07, 6.45) is 3.29. The number of pyridine rings is 2. The Hall–Kier alpha value is -2.21. The molecule has 3 heterocycles. The van der Waals surface area contributed by atoms with E-state index in [4.69, 9.17) is 0 Å². The van der Waals surface area contributed by atoms with Gasteiger partial charge in [0, 0.05) is 18.0 Å². The molecule has 5 nitrogen and oxygen atoms in total. The molecular weight excluding hydrogens is 310 g/mol. The molecule has 0 aliphatic carbocycles. The van der Waals surface area contributed by atoms with E-state index in [1.54, 1.807) is 41.1 Å². The molecule has 3 aromatic rings. The third-order valence-electron chi connectivity index (χ3n) is 2.76. The van der Waals surface area contributed by atoms with Crippen LogP contribution in [-0.4, -0.2) is 25.4 Å². The van der Waals surface area contributed by atoms with Gasteiger partial charge in [0.2, 0.25) is 0 Å². The highest BCUT2D eigenvalue weighted by Crippen LogP contribution is 2.26. The number of hydrogen-bond donors (Lipinski definition) is 1. The Morgan fingerprint density at radius 3 is 2.63 bits per heavy atom. The van der Waals surface area contributed by atoms with Crippen LogP contribution in [0.15, 0.2) is 47.3 Å². The molecule has 1 N–H and O–H groups in total. The highest BCUT2D eigenvalue weighted by molar-refractivity contribution is 9.10. The number of carbonyl (C=O) groups is 1. The minimum Gasteiger partial charge on any atom is -0.476 e. The minimum absolute atomic E-state index is 0.0353. The molecule has 0 saturated heterocycles. The van der Waals surface area contributed by atoms with Crippen LogP contribution < -0.4 is 0 Å². The number of halogens is 1. The highest BCUT2D eigenvalue weighted by atomic mass is 79.9. The number of aromatic nitrogens is 3. The third-order valence-corrected chi connectivity index (χ3v) is 3.37. The van der Waals surface area contributed by atoms with Gasteiger partial charge in [-0.15, -0.1) is 0 Å². The summed E-state index contributed by atoms with van der Waals surface area (Å²) in [5.41, 5.74) is 1.39. The van der Waals surface area contributed by atoms with Gasteiger partial charge in [-0.25, -0.2) is 9.78 Å². The van der Waals surface area contributed by atoms with Crippen LogP contribution in [0.3, 0.4) is 0 Å². The average Bonchev–Trinajstić information content (AvgIpc) is 2.81. The van der Waals surface area contributed by atoms with Crippen LogP contribution in [0.4, 0.5) is 0 Å². The molecule has 0 unspecified atom stereocenters. The van der Waals surface area contributed by atoms with E-state index in [1.165, 1.54) is 0 Å². The highest BCUT2D eigenvalue weighted by Gasteiger charge is 2.18. The molecule has 19 heavy (non-hydrogen) atoms. The van der Waals surface area contributed by atoms with Crippen molar-refractivity contribution < 1.29 is 9.90 Å². The van der Waals surface area contributed by atoms with Crippen molar-refractivity contribution >= 4 is 27.4 Å². The molecule has 0 aromatic carbocycles. The lowest BCUT2D eigenvalue weighted by Crippen LogP contribution is -1.97. The van der Waals surface area contributed by atoms with Crippen molar-refractivity contribution in [2.75, 3.05) is 0 Å². The molecule has 0 fully saturated rings. The second-order valence-electron chi connectivity index (χ2n) is 3.89. The monoisotopic (exact) mass is 317 g/mol. The molecule has 0 bridgehead atoms. The summed E-state index contributed by atoms with van der Waals surface area (Å²) in [4.78, 5) is 19.4. The van der Waals surface area contributed by atoms with Gasteiger partial charge in [0.05, 0.1) is 10.1 Å². The van der Waals surface area contributed by atoms with Gasteiger partial charge in [-0.2, -0.15) is 0 Å². The maximum absolute atomic E-state index is 11.3. The van der Waals surface area contributed by atoms with E-state index in [-0.39, 0.29) is 5.69 Å². The first kappa shape index (κ1) is 11.9. The van der Waals surface area contributed by atoms with E-state index in [9.17, 15) is 9.90 Å². The Morgan fingerprint density at radius 2 is 1.95 bits per heavy atom. The van der Waals surface area contributed by atoms with Crippen LogP contribution >= 0.6 is 15.9 Å². The molecule has 0 atom stereocenters. The van der Waals surface area contributed by atoms with Crippen LogP contribution in [0.1, 0.15) is 10.5 Å². The lowest BCUT2D eigenvalue weighted by Gasteiger charge is -2.03. The normalized spacial score (nSPS) is 10.8. The largest absolute Gasteiger partial charge is 0.476 e. The van der Waals surface area contributed by atoms with Crippen molar-refractivity contribution in [1.82, 2.24) is 14.4 Å². The Kier molecular flexibility index (Phi) is 2.79. The molecule has 94 valence electrons. The number of carboxylic acids is 1. The number of hydrogen-bond acceptors (Lipinski definition) is 3. The van der Waals surface area contributed by atoms with E-state index in [0.29, 0.717) is 11.3 Å². The van der Waals surface area contributed by atoms with Gasteiger partial charge < -0.3 is 5.11 Å². The Bertz CT molecular complexity index is 768. The van der Waals surface area contributed by atoms with Gasteiger partial charge in [-0.3, -0.25) is 9.38 Å². The molecule has 0 radical (unpaired) electrons. The van der Waals surface area contributed by atoms with Crippen LogP contribution in [0.2, 0.25) is 0 Å². The maximum Gasteiger partial charge on any atom is 0.356 e. The number of aromatic carboxylic acids is 1. The van der Waals surface area contributed by atoms with E-state index in [2.05, 4.69) is 25.9 Å². The first-order valence-corrected chi connectivity index (χ1v) is 6.28. The fraction of sp³-hybridized carbons (Fsp3) is 0. The van der Waals surface area contributed by atoms with E-state index < -0.39 is 5.97 Å². The predicted octanol–water partition coefficient (Wildman–Crippen LogP) is 2.86. The zero-order chi connectivity index (χ0) is 13.4. The van der Waals surface area contributed by atoms with Crippen molar-refractivity contribution in [2.24, 2.45) is 0 Å². The molecule has 3 aromatic heterocycles. The van der Waals surface area contributed by atoms with Crippen LogP contribution in [0, 0.1) is 0 Å². The molecular formula is C13H8BrN3O2. The van der Waals surface area contributed by atoms with Gasteiger partial charge in [-0.1, -0.05) is 6.07 Å². The fourth-order valence-corrected chi connectivity index (χ4v) is 2.46. The van der Waals surface area contributed by atoms with Crippen molar-refractivity contribution in [3.8, 4) is 11.4 Å². The Labute approximate surface area is 116 Å². The van der Waals surface area contributed by atoms with Crippen LogP contribution in [0.25, 0.3) is 16.9 Å². The SMILES string of the molecule is O=C(O)c1nc(-c2ccncc2)n2c(Br)cccc12. The summed E-state index contributed by atoms with van der Waals surface area (Å²) < 4.78 is 2.51. The van der Waals surface area contributed by atoms with E-state index >= 15 is 0 Å². The Balaban J connectivity index is 2.40. The second-order valence-corrected chi connectivity index (χ2v) is 4.71. The number of nitrogens with zero attached hydrogens (tertiary/aromatic N) is 3. The molecule has 3 rings (SSSR count). The number of imidazole rings is 1. The van der Waals surface area contributed by atoms with Gasteiger partial charge in [-0.05, 0) is 40.2 Å². The molecule has 0 amide bonds. The summed E-state index contributed by atoms with van der Waals surface area (Å²) in [5, 5.41) is 9.23. The fourth-order valence-electron chi connectivity index (χ4n) is 1.95. The van der Waals surface area contributed by atoms with Crippen molar-refractivity contribution in [3.63, 3.8) is 0 Å². The molecule has 6 heteroatoms. The summed E-state index contributed by atoms with van der Waals surface area (Å²) in [5.74, 6) is -0.474. The van der Waals surface area contributed by atoms with Gasteiger partial charge in [0.25, 0.3) is 0 Å². The van der Waals surface area contributed by atoms with Crippen LogP contribution in [0.5, 0.6) is 0 Å². The van der Waals surface area contributed by atoms with Gasteiger partial charge in [0.15, 0.2) is 5.69 Å². The zero-order valence-electron chi connectivity index (χ0n) is 9.62. The van der Waals surface area contributed by atoms with Crippen molar-refractivity contribution in [2.45, 2.75) is 0 Å². The van der Waals surface area contributed by atoms with Crippen molar-refractivity contribution in [3.05, 3.63) is 53.0 Å². The number of carboxylic acid groups (broad SMARTS) is 1. The summed E-state index contributed by atoms with van der Waals surface area (Å²) in [7, 11) is 0. The third kappa shape index (κ3) is 1.90. The second kappa shape index (κ2) is 4.47. The summed E-state index contributed by atoms with van der Waals surface area (Å²) >= 11 is 3.42. The van der Waals surface area contributed by atoms with E-state index in [0.717, 1.165) is 10.2 Å². The lowest BCUT2D eigenvalue weighted by molar-refractivity contribution is 0.0693. The van der Waals surface area contributed by atoms with Crippen molar-refractivity contribution in [1.29, 1.82) is 0 Å². The summed E-state index contributed by atoms with van der Waals surface area (Å²) in [6, 6.07) is 8.93.